The maximum Gasteiger partial charge on any atom is 0.354 e. The van der Waals surface area contributed by atoms with E-state index >= 15 is 0 Å². The summed E-state index contributed by atoms with van der Waals surface area (Å²) in [5, 5.41) is 5.43. The van der Waals surface area contributed by atoms with Gasteiger partial charge in [-0.05, 0) is 0 Å². The van der Waals surface area contributed by atoms with Gasteiger partial charge in [0.2, 0.25) is 0 Å². The van der Waals surface area contributed by atoms with Gasteiger partial charge in [0.05, 0.1) is 13.5 Å². The van der Waals surface area contributed by atoms with Gasteiger partial charge in [0.15, 0.2) is 11.5 Å². The summed E-state index contributed by atoms with van der Waals surface area (Å²) in [6.45, 7) is 0. The number of nitrogens with zero attached hydrogens (tertiary/aromatic N) is 2. The van der Waals surface area contributed by atoms with Crippen LogP contribution in [0, 0.1) is 0 Å². The van der Waals surface area contributed by atoms with Crippen molar-refractivity contribution in [1.29, 1.82) is 0 Å². The maximum atomic E-state index is 11.9. The Labute approximate surface area is 106 Å². The second kappa shape index (κ2) is 6.54. The van der Waals surface area contributed by atoms with Gasteiger partial charge in [-0.3, -0.25) is 4.79 Å². The number of esters is 1. The van der Waals surface area contributed by atoms with Gasteiger partial charge in [0, 0.05) is 19.7 Å². The van der Waals surface area contributed by atoms with Crippen molar-refractivity contribution in [2.45, 2.75) is 6.42 Å². The van der Waals surface area contributed by atoms with E-state index in [0.29, 0.717) is 5.56 Å². The molecule has 0 unspecified atom stereocenters. The van der Waals surface area contributed by atoms with Crippen molar-refractivity contribution >= 4 is 17.5 Å². The highest BCUT2D eigenvalue weighted by Gasteiger charge is 2.18. The highest BCUT2D eigenvalue weighted by Crippen LogP contribution is 2.05. The van der Waals surface area contributed by atoms with E-state index in [1.807, 2.05) is 6.07 Å². The van der Waals surface area contributed by atoms with Crippen LogP contribution in [-0.4, -0.2) is 43.7 Å². The molecular formula is C13H16N2O3. The largest absolute Gasteiger partial charge is 0.464 e. The number of hydrazone groups is 1. The third kappa shape index (κ3) is 4.01. The first-order valence-corrected chi connectivity index (χ1v) is 5.46. The summed E-state index contributed by atoms with van der Waals surface area (Å²) in [6, 6.07) is 8.77. The number of hydrogen-bond acceptors (Lipinski definition) is 5. The molecule has 5 heteroatoms. The smallest absolute Gasteiger partial charge is 0.354 e. The van der Waals surface area contributed by atoms with Crippen LogP contribution in [0.1, 0.15) is 16.8 Å². The molecular weight excluding hydrogens is 232 g/mol. The van der Waals surface area contributed by atoms with Gasteiger partial charge in [-0.1, -0.05) is 30.3 Å². The summed E-state index contributed by atoms with van der Waals surface area (Å²) < 4.78 is 4.60. The predicted octanol–water partition coefficient (Wildman–Crippen LogP) is 1.35. The Morgan fingerprint density at radius 3 is 2.33 bits per heavy atom. The zero-order valence-corrected chi connectivity index (χ0v) is 10.7. The summed E-state index contributed by atoms with van der Waals surface area (Å²) in [5.74, 6) is -0.755. The molecule has 0 saturated carbocycles. The Morgan fingerprint density at radius 2 is 1.83 bits per heavy atom. The number of ether oxygens (including phenoxy) is 1. The topological polar surface area (TPSA) is 59.0 Å². The third-order valence-electron chi connectivity index (χ3n) is 2.17. The first-order valence-electron chi connectivity index (χ1n) is 5.46. The van der Waals surface area contributed by atoms with Gasteiger partial charge >= 0.3 is 5.97 Å². The van der Waals surface area contributed by atoms with Gasteiger partial charge in [0.25, 0.3) is 0 Å². The number of ketones is 1. The predicted molar refractivity (Wildman–Crippen MR) is 68.5 cm³/mol. The van der Waals surface area contributed by atoms with Crippen molar-refractivity contribution in [3.8, 4) is 0 Å². The van der Waals surface area contributed by atoms with E-state index in [0.717, 1.165) is 0 Å². The minimum absolute atomic E-state index is 0.0745. The van der Waals surface area contributed by atoms with Gasteiger partial charge in [-0.15, -0.1) is 0 Å². The number of methoxy groups -OCH3 is 1. The van der Waals surface area contributed by atoms with Crippen molar-refractivity contribution in [2.75, 3.05) is 21.2 Å². The normalized spacial score (nSPS) is 10.9. The molecule has 0 aliphatic heterocycles. The van der Waals surface area contributed by atoms with E-state index in [1.54, 1.807) is 38.4 Å². The molecule has 96 valence electrons. The number of carbonyl (C=O) groups excluding carboxylic acids is 2. The van der Waals surface area contributed by atoms with Crippen LogP contribution in [0.15, 0.2) is 35.4 Å². The molecule has 0 aliphatic rings. The van der Waals surface area contributed by atoms with E-state index in [2.05, 4.69) is 9.84 Å². The highest BCUT2D eigenvalue weighted by atomic mass is 16.5. The number of rotatable bonds is 5. The summed E-state index contributed by atoms with van der Waals surface area (Å²) in [7, 11) is 4.62. The number of Topliss-reactive ketones (excluding diaryl/α,β-unsaturated/α-hetero) is 1. The maximum absolute atomic E-state index is 11.9. The Bertz CT molecular complexity index is 453. The second-order valence-electron chi connectivity index (χ2n) is 3.85. The molecule has 0 fully saturated rings. The molecule has 0 aromatic heterocycles. The van der Waals surface area contributed by atoms with Crippen LogP contribution < -0.4 is 0 Å². The minimum atomic E-state index is -0.590. The molecule has 18 heavy (non-hydrogen) atoms. The van der Waals surface area contributed by atoms with Crippen LogP contribution in [0.4, 0.5) is 0 Å². The van der Waals surface area contributed by atoms with Crippen LogP contribution in [0.2, 0.25) is 0 Å². The number of carbonyl (C=O) groups is 2. The fourth-order valence-corrected chi connectivity index (χ4v) is 1.39. The van der Waals surface area contributed by atoms with Crippen molar-refractivity contribution in [3.05, 3.63) is 35.9 Å². The SMILES string of the molecule is COC(=O)/C(CC(=O)c1ccccc1)=N\N(C)C. The molecule has 1 rings (SSSR count). The summed E-state index contributed by atoms with van der Waals surface area (Å²) in [4.78, 5) is 23.4. The molecule has 1 aromatic carbocycles. The molecule has 0 atom stereocenters. The van der Waals surface area contributed by atoms with Crippen LogP contribution in [0.25, 0.3) is 0 Å². The number of benzene rings is 1. The van der Waals surface area contributed by atoms with Crippen LogP contribution >= 0.6 is 0 Å². The monoisotopic (exact) mass is 248 g/mol. The van der Waals surface area contributed by atoms with Gasteiger partial charge < -0.3 is 9.75 Å². The average molecular weight is 248 g/mol. The number of hydrogen-bond donors (Lipinski definition) is 0. The molecule has 0 heterocycles. The molecule has 0 aliphatic carbocycles. The lowest BCUT2D eigenvalue weighted by Gasteiger charge is -2.08. The lowest BCUT2D eigenvalue weighted by Crippen LogP contribution is -2.23. The molecule has 0 saturated heterocycles. The molecule has 0 spiro atoms. The van der Waals surface area contributed by atoms with Gasteiger partial charge in [-0.25, -0.2) is 4.79 Å². The van der Waals surface area contributed by atoms with Crippen LogP contribution in [-0.2, 0) is 9.53 Å². The van der Waals surface area contributed by atoms with Gasteiger partial charge in [-0.2, -0.15) is 5.10 Å². The van der Waals surface area contributed by atoms with E-state index in [4.69, 9.17) is 0 Å². The highest BCUT2D eigenvalue weighted by molar-refractivity contribution is 6.40. The van der Waals surface area contributed by atoms with Crippen LogP contribution in [0.3, 0.4) is 0 Å². The fourth-order valence-electron chi connectivity index (χ4n) is 1.39. The quantitative estimate of drug-likeness (QED) is 0.341. The second-order valence-corrected chi connectivity index (χ2v) is 3.85. The molecule has 1 aromatic rings. The van der Waals surface area contributed by atoms with E-state index in [1.165, 1.54) is 12.1 Å². The standard InChI is InChI=1S/C13H16N2O3/c1-15(2)14-11(13(17)18-3)9-12(16)10-7-5-4-6-8-10/h4-8H,9H2,1-3H3/b14-11-. The molecule has 0 amide bonds. The Balaban J connectivity index is 2.85. The molecule has 0 N–H and O–H groups in total. The van der Waals surface area contributed by atoms with E-state index < -0.39 is 5.97 Å². The summed E-state index contributed by atoms with van der Waals surface area (Å²) >= 11 is 0. The molecule has 5 nitrogen and oxygen atoms in total. The lowest BCUT2D eigenvalue weighted by atomic mass is 10.1. The zero-order valence-electron chi connectivity index (χ0n) is 10.7. The van der Waals surface area contributed by atoms with Crippen molar-refractivity contribution < 1.29 is 14.3 Å². The Kier molecular flexibility index (Phi) is 5.05. The van der Waals surface area contributed by atoms with Crippen LogP contribution in [0.5, 0.6) is 0 Å². The fraction of sp³-hybridized carbons (Fsp3) is 0.308. The first-order chi connectivity index (χ1) is 8.54. The summed E-state index contributed by atoms with van der Waals surface area (Å²) in [5.41, 5.74) is 0.643. The molecule has 0 bridgehead atoms. The van der Waals surface area contributed by atoms with Crippen molar-refractivity contribution in [2.24, 2.45) is 5.10 Å². The van der Waals surface area contributed by atoms with E-state index in [9.17, 15) is 9.59 Å². The van der Waals surface area contributed by atoms with Crippen molar-refractivity contribution in [3.63, 3.8) is 0 Å². The zero-order chi connectivity index (χ0) is 13.5. The van der Waals surface area contributed by atoms with Gasteiger partial charge in [0.1, 0.15) is 0 Å². The molecule has 0 radical (unpaired) electrons. The average Bonchev–Trinajstić information content (AvgIpc) is 2.37. The minimum Gasteiger partial charge on any atom is -0.464 e. The third-order valence-corrected chi connectivity index (χ3v) is 2.17. The Hall–Kier alpha value is -2.17. The van der Waals surface area contributed by atoms with E-state index in [-0.39, 0.29) is 17.9 Å². The lowest BCUT2D eigenvalue weighted by molar-refractivity contribution is -0.132. The van der Waals surface area contributed by atoms with Crippen molar-refractivity contribution in [1.82, 2.24) is 5.01 Å². The summed E-state index contributed by atoms with van der Waals surface area (Å²) in [6.07, 6.45) is -0.0745. The Morgan fingerprint density at radius 1 is 1.22 bits per heavy atom. The first kappa shape index (κ1) is 13.9.